The molecule has 1 heterocycles. The Morgan fingerprint density at radius 3 is 2.33 bits per heavy atom. The van der Waals surface area contributed by atoms with Crippen molar-refractivity contribution in [3.05, 3.63) is 101 Å². The smallest absolute Gasteiger partial charge is 0.228 e. The van der Waals surface area contributed by atoms with Gasteiger partial charge in [0, 0.05) is 16.5 Å². The van der Waals surface area contributed by atoms with E-state index >= 15 is 0 Å². The van der Waals surface area contributed by atoms with Gasteiger partial charge in [-0.25, -0.2) is 0 Å². The van der Waals surface area contributed by atoms with Crippen LogP contribution >= 0.6 is 11.6 Å². The third-order valence-corrected chi connectivity index (χ3v) is 6.14. The highest BCUT2D eigenvalue weighted by atomic mass is 35.5. The summed E-state index contributed by atoms with van der Waals surface area (Å²) in [6.07, 6.45) is 0. The Morgan fingerprint density at radius 1 is 0.889 bits per heavy atom. The van der Waals surface area contributed by atoms with E-state index in [2.05, 4.69) is 0 Å². The average molecular weight is 395 g/mol. The average Bonchev–Trinajstić information content (AvgIpc) is 3.07. The van der Waals surface area contributed by atoms with Crippen LogP contribution in [0.5, 0.6) is 0 Å². The fourth-order valence-corrected chi connectivity index (χ4v) is 4.60. The van der Waals surface area contributed by atoms with Crippen LogP contribution in [0.3, 0.4) is 0 Å². The van der Waals surface area contributed by atoms with Crippen molar-refractivity contribution in [2.45, 2.75) is 10.6 Å². The van der Waals surface area contributed by atoms with Crippen LogP contribution in [-0.4, -0.2) is 9.99 Å². The SMILES string of the molecule is O=C(c1ccccc1)c1oc2ccccc2c1C[S@@](=O)c1ccccc1Cl. The Labute approximate surface area is 164 Å². The first-order chi connectivity index (χ1) is 13.1. The lowest BCUT2D eigenvalue weighted by Crippen LogP contribution is -2.05. The lowest BCUT2D eigenvalue weighted by atomic mass is 10.0. The molecule has 0 aliphatic heterocycles. The van der Waals surface area contributed by atoms with Gasteiger partial charge in [-0.2, -0.15) is 0 Å². The number of benzene rings is 3. The lowest BCUT2D eigenvalue weighted by molar-refractivity contribution is 0.101. The minimum absolute atomic E-state index is 0.147. The van der Waals surface area contributed by atoms with Gasteiger partial charge in [-0.05, 0) is 18.2 Å². The Kier molecular flexibility index (Phi) is 4.92. The number of halogens is 1. The number of carbonyl (C=O) groups excluding carboxylic acids is 1. The van der Waals surface area contributed by atoms with Gasteiger partial charge in [0.05, 0.1) is 26.5 Å². The number of rotatable bonds is 5. The molecule has 4 aromatic rings. The van der Waals surface area contributed by atoms with Crippen molar-refractivity contribution < 1.29 is 13.4 Å². The molecular weight excluding hydrogens is 380 g/mol. The van der Waals surface area contributed by atoms with Gasteiger partial charge in [-0.3, -0.25) is 9.00 Å². The molecule has 0 fully saturated rings. The molecular formula is C22H15ClO3S. The summed E-state index contributed by atoms with van der Waals surface area (Å²) < 4.78 is 18.8. The number of hydrogen-bond donors (Lipinski definition) is 0. The van der Waals surface area contributed by atoms with Gasteiger partial charge in [0.1, 0.15) is 5.58 Å². The van der Waals surface area contributed by atoms with Gasteiger partial charge in [-0.1, -0.05) is 72.3 Å². The van der Waals surface area contributed by atoms with Crippen LogP contribution in [0.4, 0.5) is 0 Å². The molecule has 4 rings (SSSR count). The molecule has 1 atom stereocenters. The second kappa shape index (κ2) is 7.51. The zero-order chi connectivity index (χ0) is 18.8. The molecule has 0 saturated carbocycles. The molecule has 3 nitrogen and oxygen atoms in total. The zero-order valence-corrected chi connectivity index (χ0v) is 15.8. The number of fused-ring (bicyclic) bond motifs is 1. The molecule has 0 bridgehead atoms. The summed E-state index contributed by atoms with van der Waals surface area (Å²) in [5, 5.41) is 1.23. The topological polar surface area (TPSA) is 47.3 Å². The van der Waals surface area contributed by atoms with E-state index in [1.54, 1.807) is 54.6 Å². The summed E-state index contributed by atoms with van der Waals surface area (Å²) >= 11 is 6.19. The van der Waals surface area contributed by atoms with Crippen molar-refractivity contribution in [3.63, 3.8) is 0 Å². The fraction of sp³-hybridized carbons (Fsp3) is 0.0455. The first kappa shape index (κ1) is 17.7. The van der Waals surface area contributed by atoms with Crippen LogP contribution in [0, 0.1) is 0 Å². The van der Waals surface area contributed by atoms with Crippen molar-refractivity contribution >= 4 is 39.2 Å². The maximum Gasteiger partial charge on any atom is 0.228 e. The Balaban J connectivity index is 1.80. The number of ketones is 1. The highest BCUT2D eigenvalue weighted by molar-refractivity contribution is 7.84. The number of carbonyl (C=O) groups is 1. The highest BCUT2D eigenvalue weighted by Gasteiger charge is 2.24. The zero-order valence-electron chi connectivity index (χ0n) is 14.2. The van der Waals surface area contributed by atoms with Gasteiger partial charge in [0.2, 0.25) is 5.78 Å². The second-order valence-electron chi connectivity index (χ2n) is 6.02. The van der Waals surface area contributed by atoms with E-state index in [0.717, 1.165) is 5.39 Å². The Morgan fingerprint density at radius 2 is 1.56 bits per heavy atom. The third-order valence-electron chi connectivity index (χ3n) is 4.30. The summed E-state index contributed by atoms with van der Waals surface area (Å²) in [5.41, 5.74) is 1.77. The van der Waals surface area contributed by atoms with E-state index in [1.165, 1.54) is 0 Å². The van der Waals surface area contributed by atoms with Gasteiger partial charge >= 0.3 is 0 Å². The van der Waals surface area contributed by atoms with E-state index in [1.807, 2.05) is 24.3 Å². The molecule has 0 aliphatic rings. The Bertz CT molecular complexity index is 1150. The molecule has 0 amide bonds. The molecule has 1 aromatic heterocycles. The maximum absolute atomic E-state index is 13.0. The molecule has 5 heteroatoms. The minimum Gasteiger partial charge on any atom is -0.452 e. The predicted molar refractivity (Wildman–Crippen MR) is 108 cm³/mol. The lowest BCUT2D eigenvalue weighted by Gasteiger charge is -2.06. The molecule has 27 heavy (non-hydrogen) atoms. The number of furan rings is 1. The standard InChI is InChI=1S/C22H15ClO3S/c23-18-11-5-7-13-20(18)27(25)14-17-16-10-4-6-12-19(16)26-22(17)21(24)15-8-2-1-3-9-15/h1-13H,14H2/t27-/m1/s1. The largest absolute Gasteiger partial charge is 0.452 e. The fourth-order valence-electron chi connectivity index (χ4n) is 2.98. The summed E-state index contributed by atoms with van der Waals surface area (Å²) in [7, 11) is -1.41. The van der Waals surface area contributed by atoms with Gasteiger partial charge < -0.3 is 4.42 Å². The first-order valence-corrected chi connectivity index (χ1v) is 10.1. The first-order valence-electron chi connectivity index (χ1n) is 8.38. The molecule has 0 aliphatic carbocycles. The molecule has 0 saturated heterocycles. The monoisotopic (exact) mass is 394 g/mol. The molecule has 0 N–H and O–H groups in total. The van der Waals surface area contributed by atoms with Crippen LogP contribution in [0.1, 0.15) is 21.7 Å². The minimum atomic E-state index is -1.41. The summed E-state index contributed by atoms with van der Waals surface area (Å²) in [4.78, 5) is 13.5. The summed E-state index contributed by atoms with van der Waals surface area (Å²) in [6.45, 7) is 0. The molecule has 0 radical (unpaired) electrons. The summed E-state index contributed by atoms with van der Waals surface area (Å²) in [6, 6.07) is 23.4. The van der Waals surface area contributed by atoms with Crippen molar-refractivity contribution in [1.29, 1.82) is 0 Å². The van der Waals surface area contributed by atoms with Crippen molar-refractivity contribution in [3.8, 4) is 0 Å². The van der Waals surface area contributed by atoms with E-state index in [4.69, 9.17) is 16.0 Å². The van der Waals surface area contributed by atoms with E-state index in [-0.39, 0.29) is 17.3 Å². The van der Waals surface area contributed by atoms with Gasteiger partial charge in [-0.15, -0.1) is 0 Å². The van der Waals surface area contributed by atoms with E-state index in [0.29, 0.717) is 26.6 Å². The quantitative estimate of drug-likeness (QED) is 0.412. The van der Waals surface area contributed by atoms with Crippen LogP contribution in [-0.2, 0) is 16.6 Å². The molecule has 0 unspecified atom stereocenters. The maximum atomic E-state index is 13.0. The molecule has 134 valence electrons. The molecule has 0 spiro atoms. The predicted octanol–water partition coefficient (Wildman–Crippen LogP) is 5.63. The Hall–Kier alpha value is -2.69. The number of hydrogen-bond acceptors (Lipinski definition) is 3. The van der Waals surface area contributed by atoms with Gasteiger partial charge in [0.25, 0.3) is 0 Å². The summed E-state index contributed by atoms with van der Waals surface area (Å²) in [5.74, 6) is 0.148. The van der Waals surface area contributed by atoms with Crippen molar-refractivity contribution in [1.82, 2.24) is 0 Å². The van der Waals surface area contributed by atoms with E-state index < -0.39 is 10.8 Å². The highest BCUT2D eigenvalue weighted by Crippen LogP contribution is 2.31. The van der Waals surface area contributed by atoms with Crippen molar-refractivity contribution in [2.24, 2.45) is 0 Å². The third kappa shape index (κ3) is 3.46. The molecule has 3 aromatic carbocycles. The second-order valence-corrected chi connectivity index (χ2v) is 7.85. The van der Waals surface area contributed by atoms with Crippen LogP contribution in [0.2, 0.25) is 5.02 Å². The van der Waals surface area contributed by atoms with Crippen LogP contribution in [0.25, 0.3) is 11.0 Å². The van der Waals surface area contributed by atoms with Crippen molar-refractivity contribution in [2.75, 3.05) is 0 Å². The van der Waals surface area contributed by atoms with Crippen LogP contribution < -0.4 is 0 Å². The van der Waals surface area contributed by atoms with Gasteiger partial charge in [0.15, 0.2) is 5.76 Å². The van der Waals surface area contributed by atoms with E-state index in [9.17, 15) is 9.00 Å². The van der Waals surface area contributed by atoms with Crippen LogP contribution in [0.15, 0.2) is 88.2 Å². The normalized spacial score (nSPS) is 12.2. The number of para-hydroxylation sites is 1.